The molecule has 0 atom stereocenters. The van der Waals surface area contributed by atoms with Gasteiger partial charge in [-0.15, -0.1) is 0 Å². The standard InChI is InChI=1S/C13H16N2O2/c1-3-17-13(16)6-11-4-10(7-14)5-12(8-15)9(11)2/h4-5H,3,6,8,15H2,1-2H3. The highest BCUT2D eigenvalue weighted by molar-refractivity contribution is 5.73. The van der Waals surface area contributed by atoms with Crippen molar-refractivity contribution in [2.24, 2.45) is 5.73 Å². The number of ether oxygens (including phenoxy) is 1. The summed E-state index contributed by atoms with van der Waals surface area (Å²) in [4.78, 5) is 11.4. The third-order valence-corrected chi connectivity index (χ3v) is 2.61. The van der Waals surface area contributed by atoms with Crippen LogP contribution in [0.25, 0.3) is 0 Å². The van der Waals surface area contributed by atoms with Crippen molar-refractivity contribution in [2.75, 3.05) is 6.61 Å². The quantitative estimate of drug-likeness (QED) is 0.797. The number of carbonyl (C=O) groups excluding carboxylic acids is 1. The molecule has 0 aromatic heterocycles. The number of benzene rings is 1. The molecule has 0 bridgehead atoms. The molecule has 0 aliphatic rings. The zero-order valence-corrected chi connectivity index (χ0v) is 10.1. The Bertz CT molecular complexity index is 461. The minimum absolute atomic E-state index is 0.183. The van der Waals surface area contributed by atoms with E-state index >= 15 is 0 Å². The summed E-state index contributed by atoms with van der Waals surface area (Å²) in [5.74, 6) is -0.284. The number of rotatable bonds is 4. The summed E-state index contributed by atoms with van der Waals surface area (Å²) in [6.07, 6.45) is 0.183. The van der Waals surface area contributed by atoms with Gasteiger partial charge in [0.15, 0.2) is 0 Å². The lowest BCUT2D eigenvalue weighted by molar-refractivity contribution is -0.142. The van der Waals surface area contributed by atoms with Gasteiger partial charge in [0.05, 0.1) is 24.7 Å². The molecular weight excluding hydrogens is 216 g/mol. The van der Waals surface area contributed by atoms with E-state index in [1.807, 2.05) is 6.92 Å². The summed E-state index contributed by atoms with van der Waals surface area (Å²) in [7, 11) is 0. The van der Waals surface area contributed by atoms with Gasteiger partial charge in [0, 0.05) is 6.54 Å². The van der Waals surface area contributed by atoms with Crippen LogP contribution in [0.1, 0.15) is 29.2 Å². The van der Waals surface area contributed by atoms with E-state index in [0.29, 0.717) is 18.7 Å². The fourth-order valence-electron chi connectivity index (χ4n) is 1.67. The Labute approximate surface area is 101 Å². The Morgan fingerprint density at radius 1 is 1.47 bits per heavy atom. The van der Waals surface area contributed by atoms with Gasteiger partial charge in [0.1, 0.15) is 0 Å². The number of nitriles is 1. The van der Waals surface area contributed by atoms with Crippen molar-refractivity contribution < 1.29 is 9.53 Å². The lowest BCUT2D eigenvalue weighted by atomic mass is 9.97. The fraction of sp³-hybridized carbons (Fsp3) is 0.385. The van der Waals surface area contributed by atoms with Gasteiger partial charge in [-0.1, -0.05) is 0 Å². The molecule has 0 spiro atoms. The SMILES string of the molecule is CCOC(=O)Cc1cc(C#N)cc(CN)c1C. The normalized spacial score (nSPS) is 9.76. The maximum absolute atomic E-state index is 11.4. The van der Waals surface area contributed by atoms with E-state index in [4.69, 9.17) is 15.7 Å². The summed E-state index contributed by atoms with van der Waals surface area (Å²) < 4.78 is 4.89. The molecule has 2 N–H and O–H groups in total. The first-order chi connectivity index (χ1) is 8.12. The van der Waals surface area contributed by atoms with Crippen LogP contribution in [-0.2, 0) is 22.5 Å². The molecule has 0 aliphatic heterocycles. The van der Waals surface area contributed by atoms with Gasteiger partial charge in [-0.3, -0.25) is 4.79 Å². The molecule has 4 heteroatoms. The van der Waals surface area contributed by atoms with Crippen LogP contribution in [0.15, 0.2) is 12.1 Å². The number of nitrogens with two attached hydrogens (primary N) is 1. The molecule has 0 heterocycles. The average Bonchev–Trinajstić information content (AvgIpc) is 2.32. The Hall–Kier alpha value is -1.86. The van der Waals surface area contributed by atoms with E-state index in [1.54, 1.807) is 19.1 Å². The topological polar surface area (TPSA) is 76.1 Å². The molecule has 4 nitrogen and oxygen atoms in total. The van der Waals surface area contributed by atoms with Crippen molar-refractivity contribution >= 4 is 5.97 Å². The van der Waals surface area contributed by atoms with E-state index in [1.165, 1.54) is 0 Å². The Morgan fingerprint density at radius 2 is 2.12 bits per heavy atom. The first kappa shape index (κ1) is 13.2. The Balaban J connectivity index is 3.06. The molecule has 1 rings (SSSR count). The summed E-state index contributed by atoms with van der Waals surface area (Å²) >= 11 is 0. The molecule has 0 aliphatic carbocycles. The van der Waals surface area contributed by atoms with Crippen LogP contribution in [0.3, 0.4) is 0 Å². The molecule has 90 valence electrons. The minimum Gasteiger partial charge on any atom is -0.466 e. The van der Waals surface area contributed by atoms with E-state index in [9.17, 15) is 4.79 Å². The highest BCUT2D eigenvalue weighted by atomic mass is 16.5. The van der Waals surface area contributed by atoms with Crippen molar-refractivity contribution in [1.82, 2.24) is 0 Å². The summed E-state index contributed by atoms with van der Waals surface area (Å²) in [5, 5.41) is 8.90. The zero-order valence-electron chi connectivity index (χ0n) is 10.1. The van der Waals surface area contributed by atoms with Crippen LogP contribution in [0.5, 0.6) is 0 Å². The van der Waals surface area contributed by atoms with Crippen LogP contribution < -0.4 is 5.73 Å². The molecule has 17 heavy (non-hydrogen) atoms. The van der Waals surface area contributed by atoms with Gasteiger partial charge in [-0.2, -0.15) is 5.26 Å². The maximum Gasteiger partial charge on any atom is 0.310 e. The van der Waals surface area contributed by atoms with E-state index < -0.39 is 0 Å². The molecule has 1 aromatic rings. The largest absolute Gasteiger partial charge is 0.466 e. The first-order valence-corrected chi connectivity index (χ1v) is 5.50. The van der Waals surface area contributed by atoms with Crippen LogP contribution in [0.2, 0.25) is 0 Å². The minimum atomic E-state index is -0.284. The number of hydrogen-bond donors (Lipinski definition) is 1. The zero-order chi connectivity index (χ0) is 12.8. The number of nitrogens with zero attached hydrogens (tertiary/aromatic N) is 1. The summed E-state index contributed by atoms with van der Waals surface area (Å²) in [6, 6.07) is 5.53. The van der Waals surface area contributed by atoms with Gasteiger partial charge in [-0.25, -0.2) is 0 Å². The second-order valence-corrected chi connectivity index (χ2v) is 3.72. The lowest BCUT2D eigenvalue weighted by Gasteiger charge is -2.10. The fourth-order valence-corrected chi connectivity index (χ4v) is 1.67. The molecule has 0 saturated carbocycles. The van der Waals surface area contributed by atoms with Crippen LogP contribution in [0.4, 0.5) is 0 Å². The summed E-state index contributed by atoms with van der Waals surface area (Å²) in [5.41, 5.74) is 8.79. The van der Waals surface area contributed by atoms with E-state index in [0.717, 1.165) is 16.7 Å². The first-order valence-electron chi connectivity index (χ1n) is 5.50. The van der Waals surface area contributed by atoms with Crippen molar-refractivity contribution in [3.05, 3.63) is 34.4 Å². The van der Waals surface area contributed by atoms with Gasteiger partial charge in [0.2, 0.25) is 0 Å². The van der Waals surface area contributed by atoms with E-state index in [2.05, 4.69) is 6.07 Å². The molecule has 0 unspecified atom stereocenters. The smallest absolute Gasteiger partial charge is 0.310 e. The second-order valence-electron chi connectivity index (χ2n) is 3.72. The van der Waals surface area contributed by atoms with Gasteiger partial charge in [0.25, 0.3) is 0 Å². The highest BCUT2D eigenvalue weighted by Gasteiger charge is 2.11. The van der Waals surface area contributed by atoms with Gasteiger partial charge >= 0.3 is 5.97 Å². The number of esters is 1. The average molecular weight is 232 g/mol. The molecule has 0 amide bonds. The summed E-state index contributed by atoms with van der Waals surface area (Å²) in [6.45, 7) is 4.39. The van der Waals surface area contributed by atoms with Crippen LogP contribution in [0, 0.1) is 18.3 Å². The van der Waals surface area contributed by atoms with Gasteiger partial charge in [-0.05, 0) is 42.7 Å². The number of hydrogen-bond acceptors (Lipinski definition) is 4. The molecule has 1 aromatic carbocycles. The van der Waals surface area contributed by atoms with Crippen molar-refractivity contribution in [2.45, 2.75) is 26.8 Å². The third-order valence-electron chi connectivity index (χ3n) is 2.61. The molecule has 0 fully saturated rings. The molecule has 0 radical (unpaired) electrons. The maximum atomic E-state index is 11.4. The Kier molecular flexibility index (Phi) is 4.68. The lowest BCUT2D eigenvalue weighted by Crippen LogP contribution is -2.11. The van der Waals surface area contributed by atoms with Crippen LogP contribution >= 0.6 is 0 Å². The molecular formula is C13H16N2O2. The van der Waals surface area contributed by atoms with Crippen molar-refractivity contribution in [3.63, 3.8) is 0 Å². The monoisotopic (exact) mass is 232 g/mol. The van der Waals surface area contributed by atoms with Crippen molar-refractivity contribution in [1.29, 1.82) is 5.26 Å². The molecule has 0 saturated heterocycles. The van der Waals surface area contributed by atoms with E-state index in [-0.39, 0.29) is 12.4 Å². The predicted octanol–water partition coefficient (Wildman–Crippen LogP) is 1.43. The predicted molar refractivity (Wildman–Crippen MR) is 64.1 cm³/mol. The third kappa shape index (κ3) is 3.30. The second kappa shape index (κ2) is 6.02. The number of carbonyl (C=O) groups is 1. The van der Waals surface area contributed by atoms with Gasteiger partial charge < -0.3 is 10.5 Å². The highest BCUT2D eigenvalue weighted by Crippen LogP contribution is 2.17. The Morgan fingerprint density at radius 3 is 2.65 bits per heavy atom. The van der Waals surface area contributed by atoms with Crippen molar-refractivity contribution in [3.8, 4) is 6.07 Å². The van der Waals surface area contributed by atoms with Crippen LogP contribution in [-0.4, -0.2) is 12.6 Å².